The highest BCUT2D eigenvalue weighted by molar-refractivity contribution is 5.85. The molecule has 1 saturated heterocycles. The van der Waals surface area contributed by atoms with Crippen LogP contribution in [0.3, 0.4) is 0 Å². The van der Waals surface area contributed by atoms with E-state index in [1.54, 1.807) is 0 Å². The van der Waals surface area contributed by atoms with Crippen LogP contribution < -0.4 is 5.73 Å². The molecule has 1 aliphatic rings. The van der Waals surface area contributed by atoms with Gasteiger partial charge in [-0.1, -0.05) is 0 Å². The number of halogens is 2. The summed E-state index contributed by atoms with van der Waals surface area (Å²) in [6, 6.07) is 2.03. The van der Waals surface area contributed by atoms with Crippen LogP contribution in [0.25, 0.3) is 0 Å². The molecule has 0 spiro atoms. The minimum atomic E-state index is 0. The number of aryl methyl sites for hydroxylation is 1. The molecule has 0 aliphatic carbocycles. The van der Waals surface area contributed by atoms with Gasteiger partial charge in [0, 0.05) is 25.3 Å². The quantitative estimate of drug-likeness (QED) is 0.909. The summed E-state index contributed by atoms with van der Waals surface area (Å²) in [7, 11) is 0. The van der Waals surface area contributed by atoms with Crippen molar-refractivity contribution in [3.05, 3.63) is 18.0 Å². The normalized spacial score (nSPS) is 23.6. The molecular formula is C10H19Cl2N3O. The van der Waals surface area contributed by atoms with Gasteiger partial charge in [-0.05, 0) is 26.0 Å². The molecule has 1 aliphatic heterocycles. The first-order valence-corrected chi connectivity index (χ1v) is 5.20. The molecule has 94 valence electrons. The fraction of sp³-hybridized carbons (Fsp3) is 0.700. The predicted octanol–water partition coefficient (Wildman–Crippen LogP) is 1.78. The van der Waals surface area contributed by atoms with Crippen molar-refractivity contribution in [2.45, 2.75) is 26.0 Å². The van der Waals surface area contributed by atoms with Crippen LogP contribution in [0, 0.1) is 5.92 Å². The zero-order valence-corrected chi connectivity index (χ0v) is 11.0. The van der Waals surface area contributed by atoms with Crippen molar-refractivity contribution in [1.29, 1.82) is 0 Å². The largest absolute Gasteiger partial charge is 0.372 e. The molecule has 1 aromatic heterocycles. The molecule has 1 aromatic rings. The van der Waals surface area contributed by atoms with Gasteiger partial charge >= 0.3 is 0 Å². The maximum absolute atomic E-state index is 5.71. The zero-order chi connectivity index (χ0) is 9.97. The van der Waals surface area contributed by atoms with Gasteiger partial charge in [-0.25, -0.2) is 0 Å². The molecule has 2 atom stereocenters. The van der Waals surface area contributed by atoms with E-state index in [-0.39, 0.29) is 30.9 Å². The lowest BCUT2D eigenvalue weighted by molar-refractivity contribution is 0.0850. The van der Waals surface area contributed by atoms with Gasteiger partial charge in [-0.2, -0.15) is 5.10 Å². The Morgan fingerprint density at radius 2 is 2.31 bits per heavy atom. The van der Waals surface area contributed by atoms with Gasteiger partial charge in [0.05, 0.1) is 5.69 Å². The van der Waals surface area contributed by atoms with Crippen molar-refractivity contribution in [3.63, 3.8) is 0 Å². The summed E-state index contributed by atoms with van der Waals surface area (Å²) in [6.45, 7) is 4.49. The van der Waals surface area contributed by atoms with Crippen LogP contribution in [0.1, 0.15) is 25.1 Å². The standard InChI is InChI=1S/C10H17N3O.2ClH/c1-2-13-9(3-5-12-13)10-8(7-11)4-6-14-10;;/h3,5,8,10H,2,4,6-7,11H2,1H3;2*1H/t8-,10+;;/m0../s1. The molecule has 0 aromatic carbocycles. The second-order valence-corrected chi connectivity index (χ2v) is 3.65. The van der Waals surface area contributed by atoms with E-state index in [0.29, 0.717) is 12.5 Å². The van der Waals surface area contributed by atoms with E-state index >= 15 is 0 Å². The van der Waals surface area contributed by atoms with Crippen LogP contribution in [0.5, 0.6) is 0 Å². The Morgan fingerprint density at radius 1 is 1.56 bits per heavy atom. The first-order chi connectivity index (χ1) is 6.86. The zero-order valence-electron chi connectivity index (χ0n) is 9.33. The molecule has 0 radical (unpaired) electrons. The number of rotatable bonds is 3. The Balaban J connectivity index is 0.00000112. The molecule has 0 bridgehead atoms. The number of aromatic nitrogens is 2. The lowest BCUT2D eigenvalue weighted by Crippen LogP contribution is -2.20. The Hall–Kier alpha value is -0.290. The highest BCUT2D eigenvalue weighted by Crippen LogP contribution is 2.33. The third-order valence-electron chi connectivity index (χ3n) is 2.86. The van der Waals surface area contributed by atoms with Crippen molar-refractivity contribution in [2.24, 2.45) is 11.7 Å². The monoisotopic (exact) mass is 267 g/mol. The summed E-state index contributed by atoms with van der Waals surface area (Å²) in [5, 5.41) is 4.24. The Bertz CT molecular complexity index is 306. The molecule has 2 N–H and O–H groups in total. The van der Waals surface area contributed by atoms with Gasteiger partial charge in [-0.15, -0.1) is 24.8 Å². The van der Waals surface area contributed by atoms with E-state index in [0.717, 1.165) is 19.6 Å². The molecule has 16 heavy (non-hydrogen) atoms. The number of hydrogen-bond acceptors (Lipinski definition) is 3. The third kappa shape index (κ3) is 2.88. The van der Waals surface area contributed by atoms with E-state index in [9.17, 15) is 0 Å². The molecule has 6 heteroatoms. The second kappa shape index (κ2) is 7.12. The summed E-state index contributed by atoms with van der Waals surface area (Å²) < 4.78 is 7.69. The summed E-state index contributed by atoms with van der Waals surface area (Å²) >= 11 is 0. The fourth-order valence-corrected chi connectivity index (χ4v) is 2.05. The van der Waals surface area contributed by atoms with Crippen molar-refractivity contribution in [3.8, 4) is 0 Å². The molecule has 0 amide bonds. The molecule has 4 nitrogen and oxygen atoms in total. The van der Waals surface area contributed by atoms with E-state index in [1.807, 2.05) is 16.9 Å². The topological polar surface area (TPSA) is 53.1 Å². The molecule has 0 unspecified atom stereocenters. The third-order valence-corrected chi connectivity index (χ3v) is 2.86. The van der Waals surface area contributed by atoms with Crippen molar-refractivity contribution < 1.29 is 4.74 Å². The Kier molecular flexibility index (Phi) is 6.99. The maximum atomic E-state index is 5.71. The number of ether oxygens (including phenoxy) is 1. The molecule has 1 fully saturated rings. The highest BCUT2D eigenvalue weighted by Gasteiger charge is 2.30. The summed E-state index contributed by atoms with van der Waals surface area (Å²) in [4.78, 5) is 0. The van der Waals surface area contributed by atoms with Crippen LogP contribution in [0.15, 0.2) is 12.3 Å². The number of hydrogen-bond donors (Lipinski definition) is 1. The minimum absolute atomic E-state index is 0. The van der Waals surface area contributed by atoms with Crippen molar-refractivity contribution in [1.82, 2.24) is 9.78 Å². The van der Waals surface area contributed by atoms with Crippen LogP contribution >= 0.6 is 24.8 Å². The van der Waals surface area contributed by atoms with Gasteiger partial charge in [0.1, 0.15) is 6.10 Å². The minimum Gasteiger partial charge on any atom is -0.372 e. The average molecular weight is 268 g/mol. The molecule has 2 heterocycles. The summed E-state index contributed by atoms with van der Waals surface area (Å²) in [6.07, 6.45) is 3.05. The number of nitrogens with zero attached hydrogens (tertiary/aromatic N) is 2. The fourth-order valence-electron chi connectivity index (χ4n) is 2.05. The van der Waals surface area contributed by atoms with E-state index < -0.39 is 0 Å². The first kappa shape index (κ1) is 15.7. The molecular weight excluding hydrogens is 249 g/mol. The van der Waals surface area contributed by atoms with E-state index in [1.165, 1.54) is 5.69 Å². The van der Waals surface area contributed by atoms with Gasteiger partial charge < -0.3 is 10.5 Å². The van der Waals surface area contributed by atoms with Crippen LogP contribution in [0.2, 0.25) is 0 Å². The maximum Gasteiger partial charge on any atom is 0.103 e. The first-order valence-electron chi connectivity index (χ1n) is 5.20. The predicted molar refractivity (Wildman–Crippen MR) is 68.3 cm³/mol. The van der Waals surface area contributed by atoms with Gasteiger partial charge in [-0.3, -0.25) is 4.68 Å². The Labute approximate surface area is 108 Å². The number of nitrogens with two attached hydrogens (primary N) is 1. The molecule has 0 saturated carbocycles. The van der Waals surface area contributed by atoms with Gasteiger partial charge in [0.25, 0.3) is 0 Å². The van der Waals surface area contributed by atoms with E-state index in [4.69, 9.17) is 10.5 Å². The Morgan fingerprint density at radius 3 is 2.94 bits per heavy atom. The van der Waals surface area contributed by atoms with Crippen LogP contribution in [-0.4, -0.2) is 22.9 Å². The lowest BCUT2D eigenvalue weighted by Gasteiger charge is -2.17. The van der Waals surface area contributed by atoms with E-state index in [2.05, 4.69) is 12.0 Å². The van der Waals surface area contributed by atoms with Crippen LogP contribution in [0.4, 0.5) is 0 Å². The lowest BCUT2D eigenvalue weighted by atomic mass is 9.99. The van der Waals surface area contributed by atoms with Crippen LogP contribution in [-0.2, 0) is 11.3 Å². The summed E-state index contributed by atoms with van der Waals surface area (Å²) in [5.74, 6) is 0.456. The smallest absolute Gasteiger partial charge is 0.103 e. The highest BCUT2D eigenvalue weighted by atomic mass is 35.5. The SMILES string of the molecule is CCn1nccc1[C@@H]1OCC[C@H]1CN.Cl.Cl. The van der Waals surface area contributed by atoms with Crippen molar-refractivity contribution >= 4 is 24.8 Å². The van der Waals surface area contributed by atoms with Gasteiger partial charge in [0.15, 0.2) is 0 Å². The second-order valence-electron chi connectivity index (χ2n) is 3.65. The van der Waals surface area contributed by atoms with Gasteiger partial charge in [0.2, 0.25) is 0 Å². The molecule has 2 rings (SSSR count). The van der Waals surface area contributed by atoms with Crippen molar-refractivity contribution in [2.75, 3.05) is 13.2 Å². The summed E-state index contributed by atoms with van der Waals surface area (Å²) in [5.41, 5.74) is 6.88. The average Bonchev–Trinajstić information content (AvgIpc) is 2.85.